The van der Waals surface area contributed by atoms with Crippen molar-refractivity contribution in [1.29, 1.82) is 0 Å². The van der Waals surface area contributed by atoms with Crippen molar-refractivity contribution in [2.24, 2.45) is 0 Å². The van der Waals surface area contributed by atoms with Crippen LogP contribution >= 0.6 is 23.4 Å². The standard InChI is InChI=1S/C19H16ClNO3S/c1-3-25-17-16(12-7-9-13(20)10-8-12)18(22)21(19(17)23)14-5-4-6-15(11-14)24-2/h4-11H,3H2,1-2H3. The summed E-state index contributed by atoms with van der Waals surface area (Å²) in [6.45, 7) is 1.95. The van der Waals surface area contributed by atoms with Gasteiger partial charge >= 0.3 is 0 Å². The van der Waals surface area contributed by atoms with Gasteiger partial charge in [-0.25, -0.2) is 4.90 Å². The zero-order chi connectivity index (χ0) is 18.0. The van der Waals surface area contributed by atoms with Crippen LogP contribution in [0.3, 0.4) is 0 Å². The predicted molar refractivity (Wildman–Crippen MR) is 102 cm³/mol. The largest absolute Gasteiger partial charge is 0.497 e. The van der Waals surface area contributed by atoms with Gasteiger partial charge in [0.25, 0.3) is 11.8 Å². The van der Waals surface area contributed by atoms with Gasteiger partial charge in [0.1, 0.15) is 5.75 Å². The van der Waals surface area contributed by atoms with Crippen LogP contribution in [0, 0.1) is 0 Å². The first-order valence-electron chi connectivity index (χ1n) is 7.72. The van der Waals surface area contributed by atoms with Gasteiger partial charge in [-0.3, -0.25) is 9.59 Å². The molecule has 0 saturated carbocycles. The van der Waals surface area contributed by atoms with E-state index in [0.29, 0.717) is 38.3 Å². The van der Waals surface area contributed by atoms with Gasteiger partial charge in [-0.05, 0) is 35.6 Å². The number of benzene rings is 2. The summed E-state index contributed by atoms with van der Waals surface area (Å²) in [6.07, 6.45) is 0. The topological polar surface area (TPSA) is 46.6 Å². The van der Waals surface area contributed by atoms with Crippen LogP contribution in [0.4, 0.5) is 5.69 Å². The third-order valence-electron chi connectivity index (χ3n) is 3.77. The Morgan fingerprint density at radius 1 is 1.08 bits per heavy atom. The van der Waals surface area contributed by atoms with Gasteiger partial charge < -0.3 is 4.74 Å². The summed E-state index contributed by atoms with van der Waals surface area (Å²) in [5.41, 5.74) is 1.59. The van der Waals surface area contributed by atoms with Crippen molar-refractivity contribution < 1.29 is 14.3 Å². The lowest BCUT2D eigenvalue weighted by Crippen LogP contribution is -2.31. The van der Waals surface area contributed by atoms with Gasteiger partial charge in [0.05, 0.1) is 23.3 Å². The molecule has 0 spiro atoms. The number of hydrogen-bond acceptors (Lipinski definition) is 4. The number of methoxy groups -OCH3 is 1. The molecule has 0 aromatic heterocycles. The van der Waals surface area contributed by atoms with Crippen LogP contribution < -0.4 is 9.64 Å². The van der Waals surface area contributed by atoms with Crippen molar-refractivity contribution in [3.63, 3.8) is 0 Å². The summed E-state index contributed by atoms with van der Waals surface area (Å²) in [6, 6.07) is 13.9. The molecule has 0 saturated heterocycles. The van der Waals surface area contributed by atoms with E-state index in [2.05, 4.69) is 0 Å². The smallest absolute Gasteiger partial charge is 0.272 e. The predicted octanol–water partition coefficient (Wildman–Crippen LogP) is 4.39. The summed E-state index contributed by atoms with van der Waals surface area (Å²) in [5.74, 6) is 0.631. The number of imide groups is 1. The molecule has 0 unspecified atom stereocenters. The number of carbonyl (C=O) groups is 2. The Kier molecular flexibility index (Phi) is 5.16. The first kappa shape index (κ1) is 17.6. The quantitative estimate of drug-likeness (QED) is 0.729. The van der Waals surface area contributed by atoms with Crippen molar-refractivity contribution >= 4 is 46.4 Å². The number of thioether (sulfide) groups is 1. The highest BCUT2D eigenvalue weighted by molar-refractivity contribution is 8.04. The van der Waals surface area contributed by atoms with E-state index < -0.39 is 0 Å². The Morgan fingerprint density at radius 2 is 1.80 bits per heavy atom. The molecule has 0 fully saturated rings. The van der Waals surface area contributed by atoms with E-state index in [1.54, 1.807) is 55.6 Å². The molecule has 2 aromatic rings. The van der Waals surface area contributed by atoms with Gasteiger partial charge in [-0.1, -0.05) is 36.7 Å². The third kappa shape index (κ3) is 3.30. The molecule has 0 radical (unpaired) electrons. The molecule has 4 nitrogen and oxygen atoms in total. The lowest BCUT2D eigenvalue weighted by atomic mass is 10.1. The van der Waals surface area contributed by atoms with Crippen LogP contribution in [0.15, 0.2) is 53.4 Å². The molecule has 128 valence electrons. The highest BCUT2D eigenvalue weighted by Crippen LogP contribution is 2.39. The van der Waals surface area contributed by atoms with Gasteiger partial charge in [0, 0.05) is 11.1 Å². The third-order valence-corrected chi connectivity index (χ3v) is 4.98. The maximum absolute atomic E-state index is 13.0. The molecule has 0 atom stereocenters. The van der Waals surface area contributed by atoms with Crippen LogP contribution in [-0.2, 0) is 9.59 Å². The lowest BCUT2D eigenvalue weighted by molar-refractivity contribution is -0.119. The minimum Gasteiger partial charge on any atom is -0.497 e. The molecule has 2 amide bonds. The molecule has 1 aliphatic heterocycles. The number of nitrogens with zero attached hydrogens (tertiary/aromatic N) is 1. The molecule has 6 heteroatoms. The zero-order valence-electron chi connectivity index (χ0n) is 13.8. The van der Waals surface area contributed by atoms with E-state index >= 15 is 0 Å². The van der Waals surface area contributed by atoms with Crippen LogP contribution in [0.25, 0.3) is 5.57 Å². The van der Waals surface area contributed by atoms with Crippen molar-refractivity contribution in [2.75, 3.05) is 17.8 Å². The molecule has 1 heterocycles. The number of halogens is 1. The molecule has 0 aliphatic carbocycles. The fourth-order valence-electron chi connectivity index (χ4n) is 2.64. The van der Waals surface area contributed by atoms with Gasteiger partial charge in [0.15, 0.2) is 0 Å². The molecule has 25 heavy (non-hydrogen) atoms. The number of amides is 2. The van der Waals surface area contributed by atoms with Gasteiger partial charge in [-0.15, -0.1) is 11.8 Å². The minimum atomic E-state index is -0.337. The van der Waals surface area contributed by atoms with Crippen molar-refractivity contribution in [3.8, 4) is 5.75 Å². The van der Waals surface area contributed by atoms with Crippen molar-refractivity contribution in [2.45, 2.75) is 6.92 Å². The molecular formula is C19H16ClNO3S. The molecule has 0 N–H and O–H groups in total. The second kappa shape index (κ2) is 7.33. The monoisotopic (exact) mass is 373 g/mol. The second-order valence-corrected chi connectivity index (χ2v) is 7.00. The van der Waals surface area contributed by atoms with Crippen molar-refractivity contribution in [3.05, 3.63) is 64.0 Å². The summed E-state index contributed by atoms with van der Waals surface area (Å²) < 4.78 is 5.20. The van der Waals surface area contributed by atoms with E-state index in [0.717, 1.165) is 0 Å². The number of carbonyl (C=O) groups excluding carboxylic acids is 2. The summed E-state index contributed by atoms with van der Waals surface area (Å²) >= 11 is 7.31. The highest BCUT2D eigenvalue weighted by atomic mass is 35.5. The number of anilines is 1. The maximum atomic E-state index is 13.0. The Hall–Kier alpha value is -2.24. The molecule has 3 rings (SSSR count). The first-order chi connectivity index (χ1) is 12.1. The lowest BCUT2D eigenvalue weighted by Gasteiger charge is -2.16. The van der Waals surface area contributed by atoms with E-state index in [9.17, 15) is 9.59 Å². The summed E-state index contributed by atoms with van der Waals surface area (Å²) in [7, 11) is 1.54. The van der Waals surface area contributed by atoms with Gasteiger partial charge in [0.2, 0.25) is 0 Å². The Balaban J connectivity index is 2.07. The van der Waals surface area contributed by atoms with E-state index in [-0.39, 0.29) is 11.8 Å². The van der Waals surface area contributed by atoms with Gasteiger partial charge in [-0.2, -0.15) is 0 Å². The minimum absolute atomic E-state index is 0.310. The number of ether oxygens (including phenoxy) is 1. The molecule has 1 aliphatic rings. The van der Waals surface area contributed by atoms with Crippen LogP contribution in [0.1, 0.15) is 12.5 Å². The average Bonchev–Trinajstić information content (AvgIpc) is 2.86. The fraction of sp³-hybridized carbons (Fsp3) is 0.158. The highest BCUT2D eigenvalue weighted by Gasteiger charge is 2.40. The number of rotatable bonds is 5. The Bertz CT molecular complexity index is 861. The maximum Gasteiger partial charge on any atom is 0.272 e. The van der Waals surface area contributed by atoms with Crippen molar-refractivity contribution in [1.82, 2.24) is 0 Å². The Morgan fingerprint density at radius 3 is 2.44 bits per heavy atom. The summed E-state index contributed by atoms with van der Waals surface area (Å²) in [4.78, 5) is 27.6. The van der Waals surface area contributed by atoms with E-state index in [1.165, 1.54) is 16.7 Å². The normalized spacial score (nSPS) is 14.4. The van der Waals surface area contributed by atoms with Crippen LogP contribution in [0.2, 0.25) is 5.02 Å². The van der Waals surface area contributed by atoms with Crippen LogP contribution in [-0.4, -0.2) is 24.7 Å². The molecule has 0 bridgehead atoms. The molecule has 2 aromatic carbocycles. The number of hydrogen-bond donors (Lipinski definition) is 0. The zero-order valence-corrected chi connectivity index (χ0v) is 15.4. The van der Waals surface area contributed by atoms with E-state index in [4.69, 9.17) is 16.3 Å². The van der Waals surface area contributed by atoms with Crippen LogP contribution in [0.5, 0.6) is 5.75 Å². The second-order valence-electron chi connectivity index (χ2n) is 5.29. The Labute approximate surface area is 155 Å². The summed E-state index contributed by atoms with van der Waals surface area (Å²) in [5, 5.41) is 0.579. The SMILES string of the molecule is CCSC1=C(c2ccc(Cl)cc2)C(=O)N(c2cccc(OC)c2)C1=O. The fourth-order valence-corrected chi connectivity index (χ4v) is 3.62. The molecular weight excluding hydrogens is 358 g/mol. The van der Waals surface area contributed by atoms with E-state index in [1.807, 2.05) is 6.92 Å². The average molecular weight is 374 g/mol. The first-order valence-corrected chi connectivity index (χ1v) is 9.09.